The maximum Gasteiger partial charge on any atom is 0.0491 e. The van der Waals surface area contributed by atoms with Crippen molar-refractivity contribution < 1.29 is 0 Å². The third kappa shape index (κ3) is 2.63. The molecule has 1 aliphatic rings. The van der Waals surface area contributed by atoms with Gasteiger partial charge in [0.2, 0.25) is 0 Å². The number of pyridine rings is 1. The smallest absolute Gasteiger partial charge is 0.0491 e. The van der Waals surface area contributed by atoms with E-state index in [4.69, 9.17) is 0 Å². The SMILES string of the molecule is Cc1cc(C)c2c3c(n(CCc4ccccn4)c2c1)CC(C)NC3. The Kier molecular flexibility index (Phi) is 3.89. The number of rotatable bonds is 3. The van der Waals surface area contributed by atoms with Crippen LogP contribution in [0, 0.1) is 13.8 Å². The quantitative estimate of drug-likeness (QED) is 0.793. The molecule has 0 amide bonds. The van der Waals surface area contributed by atoms with Gasteiger partial charge < -0.3 is 9.88 Å². The van der Waals surface area contributed by atoms with Crippen molar-refractivity contribution in [2.75, 3.05) is 0 Å². The van der Waals surface area contributed by atoms with Gasteiger partial charge in [-0.3, -0.25) is 4.98 Å². The molecular weight excluding hydrogens is 294 g/mol. The highest BCUT2D eigenvalue weighted by atomic mass is 15.0. The number of hydrogen-bond acceptors (Lipinski definition) is 2. The summed E-state index contributed by atoms with van der Waals surface area (Å²) in [6.45, 7) is 8.70. The molecule has 0 bridgehead atoms. The molecule has 3 nitrogen and oxygen atoms in total. The molecule has 0 radical (unpaired) electrons. The molecule has 0 saturated heterocycles. The Morgan fingerprint density at radius 1 is 1.25 bits per heavy atom. The summed E-state index contributed by atoms with van der Waals surface area (Å²) in [6.07, 6.45) is 3.97. The molecule has 1 aliphatic heterocycles. The van der Waals surface area contributed by atoms with E-state index >= 15 is 0 Å². The number of nitrogens with zero attached hydrogens (tertiary/aromatic N) is 2. The van der Waals surface area contributed by atoms with Crippen LogP contribution < -0.4 is 5.32 Å². The van der Waals surface area contributed by atoms with E-state index in [2.05, 4.69) is 59.9 Å². The van der Waals surface area contributed by atoms with Gasteiger partial charge in [0.05, 0.1) is 0 Å². The highest BCUT2D eigenvalue weighted by molar-refractivity contribution is 5.89. The van der Waals surface area contributed by atoms with Crippen LogP contribution in [-0.4, -0.2) is 15.6 Å². The summed E-state index contributed by atoms with van der Waals surface area (Å²) in [5.41, 5.74) is 8.32. The Hall–Kier alpha value is -2.13. The van der Waals surface area contributed by atoms with Gasteiger partial charge in [-0.15, -0.1) is 0 Å². The third-order valence-electron chi connectivity index (χ3n) is 5.17. The van der Waals surface area contributed by atoms with E-state index < -0.39 is 0 Å². The van der Waals surface area contributed by atoms with Crippen LogP contribution in [0.15, 0.2) is 36.5 Å². The first-order chi connectivity index (χ1) is 11.6. The van der Waals surface area contributed by atoms with Gasteiger partial charge in [-0.25, -0.2) is 0 Å². The zero-order valence-corrected chi connectivity index (χ0v) is 14.8. The molecule has 1 N–H and O–H groups in total. The van der Waals surface area contributed by atoms with Crippen LogP contribution in [-0.2, 0) is 25.9 Å². The average molecular weight is 319 g/mol. The lowest BCUT2D eigenvalue weighted by atomic mass is 9.98. The Balaban J connectivity index is 1.82. The summed E-state index contributed by atoms with van der Waals surface area (Å²) in [7, 11) is 0. The monoisotopic (exact) mass is 319 g/mol. The van der Waals surface area contributed by atoms with Crippen molar-refractivity contribution in [1.82, 2.24) is 14.9 Å². The van der Waals surface area contributed by atoms with Crippen molar-refractivity contribution in [3.63, 3.8) is 0 Å². The summed E-state index contributed by atoms with van der Waals surface area (Å²) < 4.78 is 2.55. The van der Waals surface area contributed by atoms with Crippen molar-refractivity contribution >= 4 is 10.9 Å². The summed E-state index contributed by atoms with van der Waals surface area (Å²) in [5.74, 6) is 0. The predicted octanol–water partition coefficient (Wildman–Crippen LogP) is 3.93. The van der Waals surface area contributed by atoms with Crippen LogP contribution in [0.3, 0.4) is 0 Å². The molecule has 0 aliphatic carbocycles. The van der Waals surface area contributed by atoms with Crippen molar-refractivity contribution in [3.8, 4) is 0 Å². The highest BCUT2D eigenvalue weighted by Crippen LogP contribution is 2.33. The Morgan fingerprint density at radius 3 is 2.92 bits per heavy atom. The van der Waals surface area contributed by atoms with Crippen LogP contribution in [0.1, 0.15) is 35.0 Å². The number of aromatic nitrogens is 2. The summed E-state index contributed by atoms with van der Waals surface area (Å²) >= 11 is 0. The van der Waals surface area contributed by atoms with Crippen molar-refractivity contribution in [3.05, 3.63) is 64.6 Å². The van der Waals surface area contributed by atoms with E-state index in [1.54, 1.807) is 0 Å². The van der Waals surface area contributed by atoms with E-state index in [1.807, 2.05) is 12.3 Å². The number of hydrogen-bond donors (Lipinski definition) is 1. The molecular formula is C21H25N3. The summed E-state index contributed by atoms with van der Waals surface area (Å²) in [4.78, 5) is 4.49. The van der Waals surface area contributed by atoms with E-state index in [9.17, 15) is 0 Å². The number of nitrogens with one attached hydrogen (secondary N) is 1. The lowest BCUT2D eigenvalue weighted by molar-refractivity contribution is 0.492. The largest absolute Gasteiger partial charge is 0.344 e. The second-order valence-electron chi connectivity index (χ2n) is 7.11. The predicted molar refractivity (Wildman–Crippen MR) is 99.4 cm³/mol. The van der Waals surface area contributed by atoms with Crippen LogP contribution in [0.25, 0.3) is 10.9 Å². The minimum Gasteiger partial charge on any atom is -0.344 e. The first kappa shape index (κ1) is 15.4. The lowest BCUT2D eigenvalue weighted by Crippen LogP contribution is -2.33. The van der Waals surface area contributed by atoms with Crippen LogP contribution in [0.5, 0.6) is 0 Å². The standard InChI is InChI=1S/C21H25N3/c1-14-10-15(2)21-18-13-23-16(3)12-19(18)24(20(21)11-14)9-7-17-6-4-5-8-22-17/h4-6,8,10-11,16,23H,7,9,12-13H2,1-3H3. The minimum atomic E-state index is 0.539. The zero-order chi connectivity index (χ0) is 16.7. The molecule has 0 spiro atoms. The number of fused-ring (bicyclic) bond motifs is 3. The second-order valence-corrected chi connectivity index (χ2v) is 7.11. The molecule has 3 aromatic rings. The molecule has 0 fully saturated rings. The highest BCUT2D eigenvalue weighted by Gasteiger charge is 2.24. The summed E-state index contributed by atoms with van der Waals surface area (Å²) in [5, 5.41) is 5.09. The van der Waals surface area contributed by atoms with Crippen molar-refractivity contribution in [1.29, 1.82) is 0 Å². The third-order valence-corrected chi connectivity index (χ3v) is 5.17. The van der Waals surface area contributed by atoms with E-state index in [0.717, 1.165) is 25.9 Å². The fourth-order valence-corrected chi connectivity index (χ4v) is 4.09. The van der Waals surface area contributed by atoms with Crippen molar-refractivity contribution in [2.45, 2.75) is 52.7 Å². The molecule has 1 unspecified atom stereocenters. The first-order valence-corrected chi connectivity index (χ1v) is 8.88. The van der Waals surface area contributed by atoms with Gasteiger partial charge in [0, 0.05) is 60.5 Å². The fourth-order valence-electron chi connectivity index (χ4n) is 4.09. The van der Waals surface area contributed by atoms with Crippen LogP contribution in [0.4, 0.5) is 0 Å². The maximum atomic E-state index is 4.49. The molecule has 3 heteroatoms. The minimum absolute atomic E-state index is 0.539. The van der Waals surface area contributed by atoms with Gasteiger partial charge in [-0.2, -0.15) is 0 Å². The van der Waals surface area contributed by atoms with Crippen LogP contribution >= 0.6 is 0 Å². The van der Waals surface area contributed by atoms with Crippen molar-refractivity contribution in [2.24, 2.45) is 0 Å². The van der Waals surface area contributed by atoms with Gasteiger partial charge in [0.1, 0.15) is 0 Å². The first-order valence-electron chi connectivity index (χ1n) is 8.88. The van der Waals surface area contributed by atoms with Gasteiger partial charge in [-0.05, 0) is 55.7 Å². The Bertz CT molecular complexity index is 877. The maximum absolute atomic E-state index is 4.49. The molecule has 3 heterocycles. The Labute approximate surface area is 143 Å². The van der Waals surface area contributed by atoms with E-state index in [-0.39, 0.29) is 0 Å². The number of aryl methyl sites for hydroxylation is 4. The van der Waals surface area contributed by atoms with Gasteiger partial charge >= 0.3 is 0 Å². The molecule has 1 atom stereocenters. The molecule has 0 saturated carbocycles. The van der Waals surface area contributed by atoms with Gasteiger partial charge in [0.25, 0.3) is 0 Å². The molecule has 24 heavy (non-hydrogen) atoms. The van der Waals surface area contributed by atoms with Crippen LogP contribution in [0.2, 0.25) is 0 Å². The average Bonchev–Trinajstić information content (AvgIpc) is 2.86. The second kappa shape index (κ2) is 6.06. The summed E-state index contributed by atoms with van der Waals surface area (Å²) in [6, 6.07) is 11.4. The normalized spacial score (nSPS) is 17.2. The fraction of sp³-hybridized carbons (Fsp3) is 0.381. The van der Waals surface area contributed by atoms with E-state index in [0.29, 0.717) is 6.04 Å². The lowest BCUT2D eigenvalue weighted by Gasteiger charge is -2.23. The molecule has 4 rings (SSSR count). The van der Waals surface area contributed by atoms with E-state index in [1.165, 1.54) is 39.0 Å². The zero-order valence-electron chi connectivity index (χ0n) is 14.8. The molecule has 2 aromatic heterocycles. The molecule has 1 aromatic carbocycles. The van der Waals surface area contributed by atoms with Gasteiger partial charge in [-0.1, -0.05) is 12.1 Å². The van der Waals surface area contributed by atoms with Gasteiger partial charge in [0.15, 0.2) is 0 Å². The Morgan fingerprint density at radius 2 is 2.12 bits per heavy atom. The topological polar surface area (TPSA) is 29.9 Å². The molecule has 124 valence electrons. The number of benzene rings is 1.